The molecule has 0 N–H and O–H groups in total. The van der Waals surface area contributed by atoms with Crippen molar-refractivity contribution in [2.24, 2.45) is 5.92 Å². The first kappa shape index (κ1) is 19.8. The number of hydrogen-bond acceptors (Lipinski definition) is 3. The molecule has 6 nitrogen and oxygen atoms in total. The molecule has 2 aliphatic heterocycles. The second-order valence-electron chi connectivity index (χ2n) is 8.28. The molecule has 1 aromatic heterocycles. The third kappa shape index (κ3) is 3.22. The first-order valence-corrected chi connectivity index (χ1v) is 10.8. The number of carbonyl (C=O) groups excluding carboxylic acids is 2. The van der Waals surface area contributed by atoms with Crippen LogP contribution in [-0.4, -0.2) is 51.0 Å². The highest BCUT2D eigenvalue weighted by Crippen LogP contribution is 2.38. The molecule has 158 valence electrons. The van der Waals surface area contributed by atoms with Gasteiger partial charge in [0.2, 0.25) is 0 Å². The SMILES string of the molecule is Cc1nn(-c2ccccc2)c2c1C(C)N(CC1CN(C(=O)c3ccccc3Cl)C1)C2=O. The quantitative estimate of drug-likeness (QED) is 0.620. The summed E-state index contributed by atoms with van der Waals surface area (Å²) in [7, 11) is 0. The van der Waals surface area contributed by atoms with Gasteiger partial charge in [-0.05, 0) is 38.1 Å². The Bertz CT molecular complexity index is 1170. The molecule has 2 amide bonds. The van der Waals surface area contributed by atoms with Gasteiger partial charge in [0.25, 0.3) is 11.8 Å². The van der Waals surface area contributed by atoms with Gasteiger partial charge in [0.05, 0.1) is 28.0 Å². The van der Waals surface area contributed by atoms with E-state index in [2.05, 4.69) is 12.0 Å². The van der Waals surface area contributed by atoms with E-state index in [9.17, 15) is 9.59 Å². The Kier molecular flexibility index (Phi) is 4.82. The van der Waals surface area contributed by atoms with Crippen LogP contribution in [0.15, 0.2) is 54.6 Å². The van der Waals surface area contributed by atoms with Crippen molar-refractivity contribution < 1.29 is 9.59 Å². The third-order valence-electron chi connectivity index (χ3n) is 6.26. The van der Waals surface area contributed by atoms with Crippen LogP contribution in [0.4, 0.5) is 0 Å². The lowest BCUT2D eigenvalue weighted by Gasteiger charge is -2.42. The number of para-hydroxylation sites is 1. The molecule has 2 aromatic carbocycles. The maximum atomic E-state index is 13.3. The van der Waals surface area contributed by atoms with Crippen LogP contribution in [0.3, 0.4) is 0 Å². The number of nitrogens with zero attached hydrogens (tertiary/aromatic N) is 4. The highest BCUT2D eigenvalue weighted by Gasteiger charge is 2.43. The van der Waals surface area contributed by atoms with Gasteiger partial charge < -0.3 is 9.80 Å². The topological polar surface area (TPSA) is 58.4 Å². The number of aromatic nitrogens is 2. The summed E-state index contributed by atoms with van der Waals surface area (Å²) in [5.74, 6) is 0.199. The molecule has 0 radical (unpaired) electrons. The van der Waals surface area contributed by atoms with E-state index in [0.717, 1.165) is 16.9 Å². The Morgan fingerprint density at radius 3 is 2.48 bits per heavy atom. The molecule has 5 rings (SSSR count). The third-order valence-corrected chi connectivity index (χ3v) is 6.59. The minimum atomic E-state index is -0.0542. The predicted octanol–water partition coefficient (Wildman–Crippen LogP) is 4.12. The lowest BCUT2D eigenvalue weighted by Crippen LogP contribution is -2.54. The molecule has 7 heteroatoms. The summed E-state index contributed by atoms with van der Waals surface area (Å²) in [5, 5.41) is 5.10. The molecule has 3 aromatic rings. The summed E-state index contributed by atoms with van der Waals surface area (Å²) in [6.07, 6.45) is 0. The fourth-order valence-corrected chi connectivity index (χ4v) is 4.86. The van der Waals surface area contributed by atoms with Crippen molar-refractivity contribution in [3.63, 3.8) is 0 Å². The molecular formula is C24H23ClN4O2. The van der Waals surface area contributed by atoms with E-state index in [1.165, 1.54) is 0 Å². The van der Waals surface area contributed by atoms with Crippen molar-refractivity contribution >= 4 is 23.4 Å². The van der Waals surface area contributed by atoms with Gasteiger partial charge >= 0.3 is 0 Å². The number of amides is 2. The van der Waals surface area contributed by atoms with E-state index in [1.54, 1.807) is 21.7 Å². The van der Waals surface area contributed by atoms with Gasteiger partial charge in [0.15, 0.2) is 0 Å². The zero-order chi connectivity index (χ0) is 21.7. The number of likely N-dealkylation sites (tertiary alicyclic amines) is 1. The van der Waals surface area contributed by atoms with Crippen LogP contribution in [0, 0.1) is 12.8 Å². The van der Waals surface area contributed by atoms with Crippen molar-refractivity contribution in [2.45, 2.75) is 19.9 Å². The average Bonchev–Trinajstić information content (AvgIpc) is 3.21. The molecule has 0 aliphatic carbocycles. The molecule has 31 heavy (non-hydrogen) atoms. The number of fused-ring (bicyclic) bond motifs is 1. The first-order valence-electron chi connectivity index (χ1n) is 10.5. The monoisotopic (exact) mass is 434 g/mol. The number of rotatable bonds is 4. The van der Waals surface area contributed by atoms with Crippen molar-refractivity contribution in [2.75, 3.05) is 19.6 Å². The summed E-state index contributed by atoms with van der Waals surface area (Å²) in [5.41, 5.74) is 3.94. The Balaban J connectivity index is 1.30. The van der Waals surface area contributed by atoms with Crippen LogP contribution in [0.5, 0.6) is 0 Å². The Hall–Kier alpha value is -3.12. The number of hydrogen-bond donors (Lipinski definition) is 0. The van der Waals surface area contributed by atoms with E-state index >= 15 is 0 Å². The molecule has 1 saturated heterocycles. The summed E-state index contributed by atoms with van der Waals surface area (Å²) in [6.45, 7) is 5.88. The van der Waals surface area contributed by atoms with E-state index in [-0.39, 0.29) is 23.8 Å². The number of halogens is 1. The van der Waals surface area contributed by atoms with Crippen molar-refractivity contribution in [1.82, 2.24) is 19.6 Å². The Morgan fingerprint density at radius 2 is 1.77 bits per heavy atom. The average molecular weight is 435 g/mol. The van der Waals surface area contributed by atoms with Crippen molar-refractivity contribution in [3.05, 3.63) is 82.1 Å². The molecule has 2 aliphatic rings. The largest absolute Gasteiger partial charge is 0.338 e. The van der Waals surface area contributed by atoms with Crippen LogP contribution in [0.2, 0.25) is 5.02 Å². The predicted molar refractivity (Wildman–Crippen MR) is 119 cm³/mol. The standard InChI is InChI=1S/C24H23ClN4O2/c1-15-21-16(2)28(24(31)22(21)29(26-15)18-8-4-3-5-9-18)14-17-12-27(13-17)23(30)19-10-6-7-11-20(19)25/h3-11,16-17H,12-14H2,1-2H3. The van der Waals surface area contributed by atoms with Gasteiger partial charge in [0, 0.05) is 31.1 Å². The Morgan fingerprint density at radius 1 is 1.10 bits per heavy atom. The maximum absolute atomic E-state index is 13.3. The van der Waals surface area contributed by atoms with E-state index in [1.807, 2.05) is 54.3 Å². The first-order chi connectivity index (χ1) is 15.0. The summed E-state index contributed by atoms with van der Waals surface area (Å²) < 4.78 is 1.76. The molecule has 3 heterocycles. The zero-order valence-electron chi connectivity index (χ0n) is 17.5. The summed E-state index contributed by atoms with van der Waals surface area (Å²) in [6, 6.07) is 16.8. The van der Waals surface area contributed by atoms with E-state index < -0.39 is 0 Å². The fourth-order valence-electron chi connectivity index (χ4n) is 4.64. The molecular weight excluding hydrogens is 412 g/mol. The van der Waals surface area contributed by atoms with E-state index in [0.29, 0.717) is 35.9 Å². The number of aryl methyl sites for hydroxylation is 1. The molecule has 0 spiro atoms. The van der Waals surface area contributed by atoms with Gasteiger partial charge in [-0.15, -0.1) is 0 Å². The van der Waals surface area contributed by atoms with Gasteiger partial charge in [-0.2, -0.15) is 5.10 Å². The minimum Gasteiger partial charge on any atom is -0.338 e. The second kappa shape index (κ2) is 7.54. The van der Waals surface area contributed by atoms with Crippen molar-refractivity contribution in [3.8, 4) is 5.69 Å². The highest BCUT2D eigenvalue weighted by molar-refractivity contribution is 6.33. The molecule has 0 bridgehead atoms. The Labute approximate surface area is 186 Å². The maximum Gasteiger partial charge on any atom is 0.273 e. The lowest BCUT2D eigenvalue weighted by atomic mass is 9.97. The second-order valence-corrected chi connectivity index (χ2v) is 8.69. The summed E-state index contributed by atoms with van der Waals surface area (Å²) in [4.78, 5) is 29.7. The van der Waals surface area contributed by atoms with Crippen LogP contribution < -0.4 is 0 Å². The van der Waals surface area contributed by atoms with E-state index in [4.69, 9.17) is 11.6 Å². The van der Waals surface area contributed by atoms with Gasteiger partial charge in [-0.1, -0.05) is 41.9 Å². The zero-order valence-corrected chi connectivity index (χ0v) is 18.2. The van der Waals surface area contributed by atoms with Crippen LogP contribution in [0.1, 0.15) is 45.1 Å². The highest BCUT2D eigenvalue weighted by atomic mass is 35.5. The van der Waals surface area contributed by atoms with Crippen LogP contribution in [0.25, 0.3) is 5.69 Å². The van der Waals surface area contributed by atoms with Gasteiger partial charge in [0.1, 0.15) is 5.69 Å². The smallest absolute Gasteiger partial charge is 0.273 e. The number of benzene rings is 2. The number of carbonyl (C=O) groups is 2. The fraction of sp³-hybridized carbons (Fsp3) is 0.292. The van der Waals surface area contributed by atoms with Crippen molar-refractivity contribution in [1.29, 1.82) is 0 Å². The minimum absolute atomic E-state index is 0.00262. The molecule has 1 unspecified atom stereocenters. The van der Waals surface area contributed by atoms with Crippen LogP contribution in [-0.2, 0) is 0 Å². The molecule has 1 atom stereocenters. The van der Waals surface area contributed by atoms with Gasteiger partial charge in [-0.3, -0.25) is 9.59 Å². The van der Waals surface area contributed by atoms with Crippen LogP contribution >= 0.6 is 11.6 Å². The normalized spacial score (nSPS) is 18.3. The lowest BCUT2D eigenvalue weighted by molar-refractivity contribution is 0.0361. The molecule has 1 fully saturated rings. The molecule has 0 saturated carbocycles. The summed E-state index contributed by atoms with van der Waals surface area (Å²) >= 11 is 6.17. The van der Waals surface area contributed by atoms with Gasteiger partial charge in [-0.25, -0.2) is 4.68 Å².